The molecule has 0 radical (unpaired) electrons. The van der Waals surface area contributed by atoms with E-state index in [4.69, 9.17) is 4.74 Å². The molecule has 1 heterocycles. The minimum Gasteiger partial charge on any atom is -0.463 e. The lowest BCUT2D eigenvalue weighted by Gasteiger charge is -2.31. The van der Waals surface area contributed by atoms with Crippen molar-refractivity contribution in [2.75, 3.05) is 6.61 Å². The molecule has 1 aliphatic rings. The number of nitrogens with one attached hydrogen (secondary N) is 1. The normalized spacial score (nSPS) is 17.6. The van der Waals surface area contributed by atoms with Gasteiger partial charge in [0.2, 0.25) is 0 Å². The summed E-state index contributed by atoms with van der Waals surface area (Å²) in [6.45, 7) is 7.82. The predicted molar refractivity (Wildman–Crippen MR) is 94.3 cm³/mol. The Labute approximate surface area is 143 Å². The Kier molecular flexibility index (Phi) is 5.96. The monoisotopic (exact) mass is 327 g/mol. The first-order chi connectivity index (χ1) is 11.5. The first-order valence-electron chi connectivity index (χ1n) is 8.45. The molecule has 1 aromatic carbocycles. The Morgan fingerprint density at radius 3 is 2.25 bits per heavy atom. The molecule has 0 spiro atoms. The van der Waals surface area contributed by atoms with Crippen molar-refractivity contribution in [1.29, 1.82) is 0 Å². The van der Waals surface area contributed by atoms with Gasteiger partial charge in [-0.3, -0.25) is 4.79 Å². The largest absolute Gasteiger partial charge is 0.463 e. The van der Waals surface area contributed by atoms with Gasteiger partial charge in [0.1, 0.15) is 0 Å². The second-order valence-corrected chi connectivity index (χ2v) is 5.94. The maximum Gasteiger partial charge on any atom is 0.336 e. The number of rotatable bonds is 6. The Bertz CT molecular complexity index is 646. The molecule has 1 aromatic rings. The molecule has 0 fully saturated rings. The van der Waals surface area contributed by atoms with Crippen LogP contribution < -0.4 is 5.32 Å². The van der Waals surface area contributed by atoms with Crippen molar-refractivity contribution in [3.63, 3.8) is 0 Å². The molecule has 0 aromatic heterocycles. The number of carbonyl (C=O) groups excluding carboxylic acids is 2. The number of allylic oxidation sites excluding steroid dienone is 3. The quantitative estimate of drug-likeness (QED) is 0.806. The molecule has 0 saturated heterocycles. The topological polar surface area (TPSA) is 55.4 Å². The lowest BCUT2D eigenvalue weighted by Crippen LogP contribution is -2.31. The number of ether oxygens (including phenoxy) is 1. The molecule has 2 rings (SSSR count). The van der Waals surface area contributed by atoms with Crippen LogP contribution in [0.25, 0.3) is 0 Å². The van der Waals surface area contributed by atoms with Crippen LogP contribution in [-0.2, 0) is 14.3 Å². The average molecular weight is 327 g/mol. The third-order valence-electron chi connectivity index (χ3n) is 4.17. The summed E-state index contributed by atoms with van der Waals surface area (Å²) in [5.41, 5.74) is 3.67. The average Bonchev–Trinajstić information content (AvgIpc) is 2.55. The predicted octanol–water partition coefficient (Wildman–Crippen LogP) is 3.85. The second-order valence-electron chi connectivity index (χ2n) is 5.94. The van der Waals surface area contributed by atoms with E-state index in [1.54, 1.807) is 6.92 Å². The number of hydrogen-bond acceptors (Lipinski definition) is 4. The minimum absolute atomic E-state index is 0.0747. The number of benzene rings is 1. The van der Waals surface area contributed by atoms with Crippen molar-refractivity contribution >= 4 is 11.8 Å². The molecule has 0 aliphatic carbocycles. The van der Waals surface area contributed by atoms with E-state index in [9.17, 15) is 9.59 Å². The Balaban J connectivity index is 2.59. The maximum absolute atomic E-state index is 12.8. The number of dihydropyridines is 1. The summed E-state index contributed by atoms with van der Waals surface area (Å²) in [6.07, 6.45) is 1.24. The number of hydrogen-bond donors (Lipinski definition) is 1. The zero-order valence-corrected chi connectivity index (χ0v) is 14.8. The maximum atomic E-state index is 12.8. The highest BCUT2D eigenvalue weighted by Crippen LogP contribution is 2.39. The molecular formula is C20H25NO3. The summed E-state index contributed by atoms with van der Waals surface area (Å²) >= 11 is 0. The summed E-state index contributed by atoms with van der Waals surface area (Å²) < 4.78 is 5.26. The third kappa shape index (κ3) is 3.58. The van der Waals surface area contributed by atoms with Crippen LogP contribution in [0.15, 0.2) is 52.9 Å². The second kappa shape index (κ2) is 7.95. The van der Waals surface area contributed by atoms with Gasteiger partial charge in [-0.25, -0.2) is 4.79 Å². The van der Waals surface area contributed by atoms with E-state index in [1.165, 1.54) is 0 Å². The van der Waals surface area contributed by atoms with Crippen LogP contribution in [0.1, 0.15) is 52.0 Å². The molecule has 24 heavy (non-hydrogen) atoms. The van der Waals surface area contributed by atoms with Gasteiger partial charge in [0.15, 0.2) is 5.78 Å². The lowest BCUT2D eigenvalue weighted by atomic mass is 9.78. The molecule has 0 saturated carbocycles. The Hall–Kier alpha value is -2.36. The number of Topliss-reactive ketones (excluding diaryl/α,β-unsaturated/α-hetero) is 1. The summed E-state index contributed by atoms with van der Waals surface area (Å²) in [6, 6.07) is 9.68. The van der Waals surface area contributed by atoms with Crippen LogP contribution in [0, 0.1) is 0 Å². The molecule has 0 unspecified atom stereocenters. The van der Waals surface area contributed by atoms with Crippen molar-refractivity contribution in [3.8, 4) is 0 Å². The molecule has 4 nitrogen and oxygen atoms in total. The van der Waals surface area contributed by atoms with Gasteiger partial charge in [-0.15, -0.1) is 0 Å². The van der Waals surface area contributed by atoms with Crippen LogP contribution in [-0.4, -0.2) is 18.4 Å². The Morgan fingerprint density at radius 1 is 1.04 bits per heavy atom. The summed E-state index contributed by atoms with van der Waals surface area (Å²) in [4.78, 5) is 25.3. The number of ketones is 1. The van der Waals surface area contributed by atoms with Crippen molar-refractivity contribution in [3.05, 3.63) is 58.4 Å². The number of carbonyl (C=O) groups is 2. The van der Waals surface area contributed by atoms with Gasteiger partial charge in [0.05, 0.1) is 12.2 Å². The molecule has 0 amide bonds. The molecule has 1 atom stereocenters. The van der Waals surface area contributed by atoms with Crippen molar-refractivity contribution < 1.29 is 14.3 Å². The van der Waals surface area contributed by atoms with Gasteiger partial charge in [0, 0.05) is 29.3 Å². The van der Waals surface area contributed by atoms with Gasteiger partial charge in [-0.2, -0.15) is 0 Å². The van der Waals surface area contributed by atoms with Crippen molar-refractivity contribution in [2.45, 2.75) is 46.5 Å². The summed E-state index contributed by atoms with van der Waals surface area (Å²) in [5, 5.41) is 3.20. The first-order valence-corrected chi connectivity index (χ1v) is 8.45. The van der Waals surface area contributed by atoms with Crippen LogP contribution in [0.2, 0.25) is 0 Å². The van der Waals surface area contributed by atoms with E-state index < -0.39 is 0 Å². The van der Waals surface area contributed by atoms with E-state index in [0.717, 1.165) is 23.4 Å². The zero-order chi connectivity index (χ0) is 17.7. The fourth-order valence-corrected chi connectivity index (χ4v) is 3.18. The molecule has 0 bridgehead atoms. The first kappa shape index (κ1) is 18.0. The van der Waals surface area contributed by atoms with Crippen LogP contribution in [0.3, 0.4) is 0 Å². The highest BCUT2D eigenvalue weighted by atomic mass is 16.5. The standard InChI is InChI=1S/C20H25NO3/c1-5-10-16(22)17-13(3)21-14(4)18(20(23)24-6-2)19(17)15-11-8-7-9-12-15/h7-9,11-12,19,21H,5-6,10H2,1-4H3/t19-/m1/s1. The van der Waals surface area contributed by atoms with Crippen molar-refractivity contribution in [1.82, 2.24) is 5.32 Å². The van der Waals surface area contributed by atoms with E-state index in [2.05, 4.69) is 5.32 Å². The molecule has 1 aliphatic heterocycles. The van der Waals surface area contributed by atoms with Gasteiger partial charge < -0.3 is 10.1 Å². The fourth-order valence-electron chi connectivity index (χ4n) is 3.18. The highest BCUT2D eigenvalue weighted by molar-refractivity contribution is 6.03. The Morgan fingerprint density at radius 2 is 1.67 bits per heavy atom. The molecule has 4 heteroatoms. The van der Waals surface area contributed by atoms with Crippen LogP contribution in [0.4, 0.5) is 0 Å². The van der Waals surface area contributed by atoms with Gasteiger partial charge >= 0.3 is 5.97 Å². The smallest absolute Gasteiger partial charge is 0.336 e. The molecular weight excluding hydrogens is 302 g/mol. The molecule has 128 valence electrons. The van der Waals surface area contributed by atoms with E-state index >= 15 is 0 Å². The van der Waals surface area contributed by atoms with Gasteiger partial charge in [-0.1, -0.05) is 37.3 Å². The van der Waals surface area contributed by atoms with Crippen molar-refractivity contribution in [2.24, 2.45) is 0 Å². The van der Waals surface area contributed by atoms with Crippen LogP contribution in [0.5, 0.6) is 0 Å². The molecule has 1 N–H and O–H groups in total. The number of esters is 1. The van der Waals surface area contributed by atoms with E-state index in [0.29, 0.717) is 24.2 Å². The minimum atomic E-state index is -0.384. The lowest BCUT2D eigenvalue weighted by molar-refractivity contribution is -0.138. The van der Waals surface area contributed by atoms with Gasteiger partial charge in [-0.05, 0) is 32.8 Å². The summed E-state index contributed by atoms with van der Waals surface area (Å²) in [5.74, 6) is -0.679. The van der Waals surface area contributed by atoms with E-state index in [-0.39, 0.29) is 17.7 Å². The third-order valence-corrected chi connectivity index (χ3v) is 4.17. The summed E-state index contributed by atoms with van der Waals surface area (Å²) in [7, 11) is 0. The SMILES string of the molecule is CCCC(=O)C1=C(C)NC(C)=C(C(=O)OCC)[C@@H]1c1ccccc1. The fraction of sp³-hybridized carbons (Fsp3) is 0.400. The zero-order valence-electron chi connectivity index (χ0n) is 14.8. The van der Waals surface area contributed by atoms with E-state index in [1.807, 2.05) is 51.1 Å². The highest BCUT2D eigenvalue weighted by Gasteiger charge is 2.36. The van der Waals surface area contributed by atoms with Crippen LogP contribution >= 0.6 is 0 Å². The van der Waals surface area contributed by atoms with Gasteiger partial charge in [0.25, 0.3) is 0 Å².